The lowest BCUT2D eigenvalue weighted by atomic mass is 10.0. The van der Waals surface area contributed by atoms with Crippen LogP contribution in [0.2, 0.25) is 10.0 Å². The third-order valence-corrected chi connectivity index (χ3v) is 9.86. The Morgan fingerprint density at radius 1 is 0.844 bits per heavy atom. The van der Waals surface area contributed by atoms with Gasteiger partial charge in [-0.25, -0.2) is 12.8 Å². The van der Waals surface area contributed by atoms with E-state index in [1.165, 1.54) is 29.2 Å². The molecule has 1 N–H and O–H groups in total. The second-order valence-electron chi connectivity index (χ2n) is 10.6. The predicted octanol–water partition coefficient (Wildman–Crippen LogP) is 6.88. The molecule has 7 nitrogen and oxygen atoms in total. The first-order chi connectivity index (χ1) is 21.5. The predicted molar refractivity (Wildman–Crippen MR) is 176 cm³/mol. The largest absolute Gasteiger partial charge is 0.352 e. The summed E-state index contributed by atoms with van der Waals surface area (Å²) in [7, 11) is -4.28. The van der Waals surface area contributed by atoms with E-state index in [2.05, 4.69) is 5.32 Å². The van der Waals surface area contributed by atoms with Crippen LogP contribution in [0.5, 0.6) is 0 Å². The van der Waals surface area contributed by atoms with Gasteiger partial charge in [0.25, 0.3) is 10.0 Å². The SMILES string of the molecule is CC[C@@H](C)NC(=O)[C@H](Cc1ccccc1)N(Cc1ccc(Cl)c(Cl)c1)C(=O)CN(c1ccc(F)cc1)S(=O)(=O)c1ccccc1. The Kier molecular flexibility index (Phi) is 11.6. The average Bonchev–Trinajstić information content (AvgIpc) is 3.04. The summed E-state index contributed by atoms with van der Waals surface area (Å²) in [6.45, 7) is 3.08. The summed E-state index contributed by atoms with van der Waals surface area (Å²) in [5, 5.41) is 3.58. The zero-order chi connectivity index (χ0) is 32.6. The van der Waals surface area contributed by atoms with Crippen LogP contribution in [0.1, 0.15) is 31.4 Å². The molecule has 0 aliphatic rings. The Morgan fingerprint density at radius 2 is 1.47 bits per heavy atom. The van der Waals surface area contributed by atoms with E-state index < -0.39 is 34.3 Å². The van der Waals surface area contributed by atoms with Crippen molar-refractivity contribution in [3.63, 3.8) is 0 Å². The van der Waals surface area contributed by atoms with Crippen LogP contribution in [0.3, 0.4) is 0 Å². The van der Waals surface area contributed by atoms with E-state index in [-0.39, 0.29) is 40.5 Å². The van der Waals surface area contributed by atoms with Gasteiger partial charge in [-0.15, -0.1) is 0 Å². The second kappa shape index (κ2) is 15.4. The zero-order valence-electron chi connectivity index (χ0n) is 24.9. The topological polar surface area (TPSA) is 86.8 Å². The molecule has 4 aromatic carbocycles. The second-order valence-corrected chi connectivity index (χ2v) is 13.3. The fourth-order valence-corrected chi connectivity index (χ4v) is 6.44. The number of anilines is 1. The summed E-state index contributed by atoms with van der Waals surface area (Å²) in [6, 6.07) is 25.4. The number of rotatable bonds is 13. The first-order valence-electron chi connectivity index (χ1n) is 14.4. The number of carbonyl (C=O) groups is 2. The molecule has 0 aliphatic carbocycles. The monoisotopic (exact) mass is 669 g/mol. The molecule has 0 aromatic heterocycles. The van der Waals surface area contributed by atoms with Gasteiger partial charge in [0.05, 0.1) is 20.6 Å². The average molecular weight is 671 g/mol. The van der Waals surface area contributed by atoms with Crippen molar-refractivity contribution in [2.45, 2.75) is 50.2 Å². The summed E-state index contributed by atoms with van der Waals surface area (Å²) in [5.41, 5.74) is 1.49. The maximum Gasteiger partial charge on any atom is 0.264 e. The molecule has 0 saturated carbocycles. The van der Waals surface area contributed by atoms with Crippen molar-refractivity contribution < 1.29 is 22.4 Å². The maximum absolute atomic E-state index is 14.4. The van der Waals surface area contributed by atoms with Crippen LogP contribution in [0.25, 0.3) is 0 Å². The number of sulfonamides is 1. The molecular weight excluding hydrogens is 636 g/mol. The maximum atomic E-state index is 14.4. The van der Waals surface area contributed by atoms with E-state index >= 15 is 0 Å². The molecule has 4 aromatic rings. The highest BCUT2D eigenvalue weighted by atomic mass is 35.5. The summed E-state index contributed by atoms with van der Waals surface area (Å²) in [6.07, 6.45) is 0.830. The van der Waals surface area contributed by atoms with Gasteiger partial charge in [-0.1, -0.05) is 84.7 Å². The van der Waals surface area contributed by atoms with Gasteiger partial charge in [0, 0.05) is 19.0 Å². The van der Waals surface area contributed by atoms with Crippen LogP contribution >= 0.6 is 23.2 Å². The van der Waals surface area contributed by atoms with E-state index in [1.807, 2.05) is 44.2 Å². The molecule has 0 fully saturated rings. The fraction of sp³-hybridized carbons (Fsp3) is 0.235. The quantitative estimate of drug-likeness (QED) is 0.168. The minimum Gasteiger partial charge on any atom is -0.352 e. The Morgan fingerprint density at radius 3 is 2.07 bits per heavy atom. The van der Waals surface area contributed by atoms with E-state index in [9.17, 15) is 22.4 Å². The van der Waals surface area contributed by atoms with Crippen molar-refractivity contribution in [2.24, 2.45) is 0 Å². The highest BCUT2D eigenvalue weighted by Gasteiger charge is 2.35. The number of amides is 2. The van der Waals surface area contributed by atoms with Gasteiger partial charge in [-0.05, 0) is 73.0 Å². The Hall–Kier alpha value is -3.92. The van der Waals surface area contributed by atoms with Crippen molar-refractivity contribution >= 4 is 50.7 Å². The van der Waals surface area contributed by atoms with E-state index in [0.717, 1.165) is 22.0 Å². The lowest BCUT2D eigenvalue weighted by Crippen LogP contribution is -2.54. The van der Waals surface area contributed by atoms with Gasteiger partial charge in [0.2, 0.25) is 11.8 Å². The molecule has 0 radical (unpaired) electrons. The number of nitrogens with one attached hydrogen (secondary N) is 1. The first kappa shape index (κ1) is 34.0. The number of halogens is 3. The number of benzene rings is 4. The number of hydrogen-bond acceptors (Lipinski definition) is 4. The summed E-state index contributed by atoms with van der Waals surface area (Å²) >= 11 is 12.5. The molecular formula is C34H34Cl2FN3O4S. The first-order valence-corrected chi connectivity index (χ1v) is 16.6. The third-order valence-electron chi connectivity index (χ3n) is 7.33. The molecule has 0 aliphatic heterocycles. The van der Waals surface area contributed by atoms with Crippen LogP contribution < -0.4 is 9.62 Å². The molecule has 0 spiro atoms. The normalized spacial score (nSPS) is 12.6. The van der Waals surface area contributed by atoms with Crippen molar-refractivity contribution in [3.8, 4) is 0 Å². The Labute approximate surface area is 273 Å². The number of hydrogen-bond donors (Lipinski definition) is 1. The highest BCUT2D eigenvalue weighted by Crippen LogP contribution is 2.27. The van der Waals surface area contributed by atoms with Crippen LogP contribution in [0.4, 0.5) is 10.1 Å². The van der Waals surface area contributed by atoms with Crippen LogP contribution in [-0.2, 0) is 32.6 Å². The standard InChI is InChI=1S/C34H34Cl2FN3O4S/c1-3-24(2)38-34(42)32(21-25-10-6-4-7-11-25)39(22-26-14-19-30(35)31(36)20-26)33(41)23-40(28-17-15-27(37)16-18-28)45(43,44)29-12-8-5-9-13-29/h4-20,24,32H,3,21-23H2,1-2H3,(H,38,42)/t24-,32+/m1/s1. The molecule has 11 heteroatoms. The third kappa shape index (κ3) is 8.84. The van der Waals surface area contributed by atoms with Crippen LogP contribution in [0, 0.1) is 5.82 Å². The molecule has 45 heavy (non-hydrogen) atoms. The molecule has 0 unspecified atom stereocenters. The minimum absolute atomic E-state index is 0.0477. The highest BCUT2D eigenvalue weighted by molar-refractivity contribution is 7.92. The van der Waals surface area contributed by atoms with E-state index in [0.29, 0.717) is 17.0 Å². The van der Waals surface area contributed by atoms with Gasteiger partial charge in [0.1, 0.15) is 18.4 Å². The lowest BCUT2D eigenvalue weighted by molar-refractivity contribution is -0.140. The van der Waals surface area contributed by atoms with Crippen LogP contribution in [-0.4, -0.2) is 43.8 Å². The lowest BCUT2D eigenvalue weighted by Gasteiger charge is -2.34. The van der Waals surface area contributed by atoms with Crippen molar-refractivity contribution in [2.75, 3.05) is 10.8 Å². The van der Waals surface area contributed by atoms with Gasteiger partial charge in [0.15, 0.2) is 0 Å². The molecule has 2 amide bonds. The Balaban J connectivity index is 1.81. The zero-order valence-corrected chi connectivity index (χ0v) is 27.2. The summed E-state index contributed by atoms with van der Waals surface area (Å²) in [4.78, 5) is 29.6. The molecule has 0 saturated heterocycles. The van der Waals surface area contributed by atoms with Gasteiger partial charge in [-0.3, -0.25) is 13.9 Å². The minimum atomic E-state index is -4.28. The molecule has 236 valence electrons. The van der Waals surface area contributed by atoms with Gasteiger partial charge < -0.3 is 10.2 Å². The summed E-state index contributed by atoms with van der Waals surface area (Å²) in [5.74, 6) is -1.60. The van der Waals surface area contributed by atoms with E-state index in [4.69, 9.17) is 23.2 Å². The van der Waals surface area contributed by atoms with Crippen LogP contribution in [0.15, 0.2) is 108 Å². The molecule has 2 atom stereocenters. The van der Waals surface area contributed by atoms with Crippen molar-refractivity contribution in [1.82, 2.24) is 10.2 Å². The van der Waals surface area contributed by atoms with Gasteiger partial charge in [-0.2, -0.15) is 0 Å². The smallest absolute Gasteiger partial charge is 0.264 e. The number of nitrogens with zero attached hydrogens (tertiary/aromatic N) is 2. The van der Waals surface area contributed by atoms with Gasteiger partial charge >= 0.3 is 0 Å². The fourth-order valence-electron chi connectivity index (χ4n) is 4.69. The van der Waals surface area contributed by atoms with Crippen molar-refractivity contribution in [3.05, 3.63) is 130 Å². The Bertz CT molecular complexity index is 1710. The number of carbonyl (C=O) groups excluding carboxylic acids is 2. The summed E-state index contributed by atoms with van der Waals surface area (Å²) < 4.78 is 42.7. The van der Waals surface area contributed by atoms with E-state index in [1.54, 1.807) is 36.4 Å². The molecule has 4 rings (SSSR count). The van der Waals surface area contributed by atoms with Crippen molar-refractivity contribution in [1.29, 1.82) is 0 Å². The molecule has 0 heterocycles. The molecule has 0 bridgehead atoms.